The van der Waals surface area contributed by atoms with Crippen LogP contribution < -0.4 is 4.74 Å². The summed E-state index contributed by atoms with van der Waals surface area (Å²) in [6.07, 6.45) is 0.564. The van der Waals surface area contributed by atoms with Gasteiger partial charge in [0.25, 0.3) is 5.91 Å². The summed E-state index contributed by atoms with van der Waals surface area (Å²) in [5.41, 5.74) is 0. The molecule has 0 aliphatic carbocycles. The average Bonchev–Trinajstić information content (AvgIpc) is 2.34. The Balaban J connectivity index is 2.40. The predicted molar refractivity (Wildman–Crippen MR) is 66.3 cm³/mol. The normalized spacial score (nSPS) is 10.1. The number of aliphatic hydroxyl groups excluding tert-OH is 1. The molecule has 0 unspecified atom stereocenters. The van der Waals surface area contributed by atoms with Gasteiger partial charge in [-0.2, -0.15) is 0 Å². The Kier molecular flexibility index (Phi) is 5.80. The van der Waals surface area contributed by atoms with E-state index in [0.717, 1.165) is 0 Å². The third kappa shape index (κ3) is 4.63. The Morgan fingerprint density at radius 3 is 2.82 bits per heavy atom. The number of benzene rings is 1. The van der Waals surface area contributed by atoms with Crippen molar-refractivity contribution in [2.75, 3.05) is 26.8 Å². The molecule has 1 rings (SSSR count). The van der Waals surface area contributed by atoms with E-state index < -0.39 is 0 Å². The summed E-state index contributed by atoms with van der Waals surface area (Å²) >= 11 is 5.89. The topological polar surface area (TPSA) is 49.8 Å². The zero-order valence-electron chi connectivity index (χ0n) is 9.73. The molecule has 0 aromatic heterocycles. The molecular weight excluding hydrogens is 242 g/mol. The molecule has 0 spiro atoms. The van der Waals surface area contributed by atoms with Gasteiger partial charge in [0, 0.05) is 20.2 Å². The van der Waals surface area contributed by atoms with Gasteiger partial charge in [0.1, 0.15) is 5.75 Å². The minimum atomic E-state index is -0.140. The molecule has 17 heavy (non-hydrogen) atoms. The average molecular weight is 258 g/mol. The Morgan fingerprint density at radius 2 is 2.18 bits per heavy atom. The van der Waals surface area contributed by atoms with E-state index in [1.54, 1.807) is 31.3 Å². The molecule has 1 aromatic rings. The fourth-order valence-corrected chi connectivity index (χ4v) is 1.43. The molecule has 0 aliphatic rings. The third-order valence-electron chi connectivity index (χ3n) is 2.27. The summed E-state index contributed by atoms with van der Waals surface area (Å²) in [6, 6.07) is 7.01. The lowest BCUT2D eigenvalue weighted by Gasteiger charge is -2.17. The quantitative estimate of drug-likeness (QED) is 0.841. The number of hydrogen-bond donors (Lipinski definition) is 1. The lowest BCUT2D eigenvalue weighted by molar-refractivity contribution is -0.132. The second-order valence-corrected chi connectivity index (χ2v) is 4.02. The van der Waals surface area contributed by atoms with Crippen LogP contribution in [0.2, 0.25) is 5.02 Å². The highest BCUT2D eigenvalue weighted by Gasteiger charge is 2.09. The summed E-state index contributed by atoms with van der Waals surface area (Å²) in [7, 11) is 1.67. The number of amides is 1. The van der Waals surface area contributed by atoms with Crippen LogP contribution in [0.4, 0.5) is 0 Å². The van der Waals surface area contributed by atoms with Crippen LogP contribution in [0.25, 0.3) is 0 Å². The van der Waals surface area contributed by atoms with Crippen LogP contribution in [0.3, 0.4) is 0 Å². The van der Waals surface area contributed by atoms with E-state index >= 15 is 0 Å². The van der Waals surface area contributed by atoms with E-state index in [9.17, 15) is 4.79 Å². The second-order valence-electron chi connectivity index (χ2n) is 3.61. The van der Waals surface area contributed by atoms with Gasteiger partial charge in [0.2, 0.25) is 0 Å². The van der Waals surface area contributed by atoms with Gasteiger partial charge < -0.3 is 14.7 Å². The number of likely N-dealkylation sites (N-methyl/N-ethyl adjacent to an activating group) is 1. The maximum absolute atomic E-state index is 11.6. The largest absolute Gasteiger partial charge is 0.482 e. The molecule has 0 saturated heterocycles. The second kappa shape index (κ2) is 7.14. The SMILES string of the molecule is CN(CCCO)C(=O)COc1ccccc1Cl. The van der Waals surface area contributed by atoms with E-state index in [0.29, 0.717) is 23.7 Å². The van der Waals surface area contributed by atoms with E-state index in [-0.39, 0.29) is 19.1 Å². The molecule has 0 aliphatic heterocycles. The number of carbonyl (C=O) groups excluding carboxylic acids is 1. The van der Waals surface area contributed by atoms with Crippen molar-refractivity contribution in [3.63, 3.8) is 0 Å². The van der Waals surface area contributed by atoms with Crippen LogP contribution in [0.1, 0.15) is 6.42 Å². The Hall–Kier alpha value is -1.26. The van der Waals surface area contributed by atoms with Crippen LogP contribution in [0.15, 0.2) is 24.3 Å². The number of rotatable bonds is 6. The van der Waals surface area contributed by atoms with Crippen LogP contribution in [-0.2, 0) is 4.79 Å². The highest BCUT2D eigenvalue weighted by Crippen LogP contribution is 2.22. The summed E-state index contributed by atoms with van der Waals surface area (Å²) in [4.78, 5) is 13.1. The van der Waals surface area contributed by atoms with Crippen molar-refractivity contribution in [1.82, 2.24) is 4.90 Å². The first-order chi connectivity index (χ1) is 8.15. The number of hydrogen-bond acceptors (Lipinski definition) is 3. The molecule has 94 valence electrons. The van der Waals surface area contributed by atoms with Gasteiger partial charge >= 0.3 is 0 Å². The Morgan fingerprint density at radius 1 is 1.47 bits per heavy atom. The van der Waals surface area contributed by atoms with Crippen molar-refractivity contribution in [3.8, 4) is 5.75 Å². The summed E-state index contributed by atoms with van der Waals surface area (Å²) in [5.74, 6) is 0.358. The van der Waals surface area contributed by atoms with Gasteiger partial charge in [-0.05, 0) is 18.6 Å². The molecular formula is C12H16ClNO3. The zero-order chi connectivity index (χ0) is 12.7. The number of ether oxygens (including phenoxy) is 1. The molecule has 0 heterocycles. The van der Waals surface area contributed by atoms with Crippen molar-refractivity contribution in [1.29, 1.82) is 0 Å². The van der Waals surface area contributed by atoms with E-state index in [1.165, 1.54) is 4.90 Å². The zero-order valence-corrected chi connectivity index (χ0v) is 10.5. The van der Waals surface area contributed by atoms with E-state index in [1.807, 2.05) is 0 Å². The molecule has 5 heteroatoms. The smallest absolute Gasteiger partial charge is 0.260 e. The minimum Gasteiger partial charge on any atom is -0.482 e. The van der Waals surface area contributed by atoms with Crippen molar-refractivity contribution < 1.29 is 14.6 Å². The van der Waals surface area contributed by atoms with Crippen molar-refractivity contribution in [3.05, 3.63) is 29.3 Å². The molecule has 0 atom stereocenters. The molecule has 4 nitrogen and oxygen atoms in total. The van der Waals surface area contributed by atoms with Gasteiger partial charge in [0.05, 0.1) is 5.02 Å². The highest BCUT2D eigenvalue weighted by atomic mass is 35.5. The van der Waals surface area contributed by atoms with Crippen LogP contribution in [-0.4, -0.2) is 42.7 Å². The third-order valence-corrected chi connectivity index (χ3v) is 2.58. The van der Waals surface area contributed by atoms with Crippen molar-refractivity contribution in [2.24, 2.45) is 0 Å². The first kappa shape index (κ1) is 13.8. The number of carbonyl (C=O) groups is 1. The first-order valence-electron chi connectivity index (χ1n) is 5.37. The van der Waals surface area contributed by atoms with Gasteiger partial charge in [0.15, 0.2) is 6.61 Å². The number of halogens is 1. The van der Waals surface area contributed by atoms with Gasteiger partial charge in [-0.1, -0.05) is 23.7 Å². The number of aliphatic hydroxyl groups is 1. The van der Waals surface area contributed by atoms with Crippen molar-refractivity contribution in [2.45, 2.75) is 6.42 Å². The van der Waals surface area contributed by atoms with E-state index in [4.69, 9.17) is 21.4 Å². The molecule has 0 saturated carbocycles. The summed E-state index contributed by atoms with van der Waals surface area (Å²) < 4.78 is 5.31. The maximum Gasteiger partial charge on any atom is 0.260 e. The molecule has 0 bridgehead atoms. The Bertz CT molecular complexity index is 371. The van der Waals surface area contributed by atoms with Crippen LogP contribution in [0, 0.1) is 0 Å². The van der Waals surface area contributed by atoms with E-state index in [2.05, 4.69) is 0 Å². The molecule has 0 radical (unpaired) electrons. The van der Waals surface area contributed by atoms with Gasteiger partial charge in [-0.3, -0.25) is 4.79 Å². The monoisotopic (exact) mass is 257 g/mol. The summed E-state index contributed by atoms with van der Waals surface area (Å²) in [5, 5.41) is 9.14. The van der Waals surface area contributed by atoms with Crippen LogP contribution >= 0.6 is 11.6 Å². The molecule has 0 fully saturated rings. The fourth-order valence-electron chi connectivity index (χ4n) is 1.24. The lowest BCUT2D eigenvalue weighted by atomic mass is 10.3. The minimum absolute atomic E-state index is 0.0499. The highest BCUT2D eigenvalue weighted by molar-refractivity contribution is 6.32. The fraction of sp³-hybridized carbons (Fsp3) is 0.417. The molecule has 1 aromatic carbocycles. The molecule has 1 amide bonds. The number of para-hydroxylation sites is 1. The predicted octanol–water partition coefficient (Wildman–Crippen LogP) is 1.56. The Labute approximate surface area is 106 Å². The lowest BCUT2D eigenvalue weighted by Crippen LogP contribution is -2.32. The maximum atomic E-state index is 11.6. The van der Waals surface area contributed by atoms with Gasteiger partial charge in [-0.25, -0.2) is 0 Å². The van der Waals surface area contributed by atoms with Crippen LogP contribution in [0.5, 0.6) is 5.75 Å². The van der Waals surface area contributed by atoms with Gasteiger partial charge in [-0.15, -0.1) is 0 Å². The molecule has 1 N–H and O–H groups in total. The first-order valence-corrected chi connectivity index (χ1v) is 5.75. The summed E-state index contributed by atoms with van der Waals surface area (Å²) in [6.45, 7) is 0.538. The standard InChI is InChI=1S/C12H16ClNO3/c1-14(7-4-8-15)12(16)9-17-11-6-3-2-5-10(11)13/h2-3,5-6,15H,4,7-9H2,1H3. The number of nitrogens with zero attached hydrogens (tertiary/aromatic N) is 1. The van der Waals surface area contributed by atoms with Crippen molar-refractivity contribution >= 4 is 17.5 Å².